The third kappa shape index (κ3) is 5.42. The van der Waals surface area contributed by atoms with Crippen molar-refractivity contribution in [1.29, 1.82) is 0 Å². The minimum atomic E-state index is -1.93. The van der Waals surface area contributed by atoms with E-state index in [0.717, 1.165) is 0 Å². The lowest BCUT2D eigenvalue weighted by atomic mass is 9.41. The lowest BCUT2D eigenvalue weighted by Crippen LogP contribution is -2.77. The molecule has 1 fully saturated rings. The van der Waals surface area contributed by atoms with Gasteiger partial charge in [0.2, 0.25) is 0 Å². The second kappa shape index (κ2) is 13.2. The summed E-state index contributed by atoms with van der Waals surface area (Å²) in [5.41, 5.74) is -2.82. The molecule has 3 aliphatic carbocycles. The van der Waals surface area contributed by atoms with Crippen LogP contribution in [0.25, 0.3) is 0 Å². The van der Waals surface area contributed by atoms with E-state index >= 15 is 0 Å². The zero-order valence-electron chi connectivity index (χ0n) is 24.7. The molecule has 6 atom stereocenters. The van der Waals surface area contributed by atoms with E-state index in [1.54, 1.807) is 94.4 Å². The molecule has 10 nitrogen and oxygen atoms in total. The highest BCUT2D eigenvalue weighted by atomic mass is 16.5. The number of fused-ring (bicyclic) bond motifs is 2. The summed E-state index contributed by atoms with van der Waals surface area (Å²) in [7, 11) is 0. The lowest BCUT2D eigenvalue weighted by Gasteiger charge is -2.62. The van der Waals surface area contributed by atoms with Gasteiger partial charge in [-0.15, -0.1) is 0 Å². The van der Waals surface area contributed by atoms with Crippen molar-refractivity contribution in [2.45, 2.75) is 38.6 Å². The third-order valence-electron chi connectivity index (χ3n) is 8.16. The standard InChI is InChI=1S/C33H37NO9/c1-5-40-28(36)23-25(30(38)42-7-3)33(34-27(35)21-15-11-9-12-16-21)20-19-32(23,22-17-13-10-14-18-22)24(29(37)41-6-2)26(33)31(39)43-8-4/h9-20,23-26H,5-8H2,1-4H3,(H,34,35)/t23-,24+,25+,26-,32?,33?. The van der Waals surface area contributed by atoms with E-state index in [2.05, 4.69) is 5.32 Å². The molecule has 0 radical (unpaired) electrons. The van der Waals surface area contributed by atoms with Gasteiger partial charge in [-0.05, 0) is 45.4 Å². The molecule has 3 aliphatic rings. The van der Waals surface area contributed by atoms with Gasteiger partial charge in [0, 0.05) is 11.0 Å². The first-order valence-electron chi connectivity index (χ1n) is 14.5. The van der Waals surface area contributed by atoms with Crippen LogP contribution in [0.2, 0.25) is 0 Å². The first kappa shape index (κ1) is 31.5. The van der Waals surface area contributed by atoms with Crippen molar-refractivity contribution in [3.05, 3.63) is 83.9 Å². The van der Waals surface area contributed by atoms with Gasteiger partial charge in [-0.3, -0.25) is 24.0 Å². The summed E-state index contributed by atoms with van der Waals surface area (Å²) < 4.78 is 22.1. The summed E-state index contributed by atoms with van der Waals surface area (Å²) in [6.07, 6.45) is 3.16. The number of amides is 1. The molecule has 2 unspecified atom stereocenters. The second-order valence-electron chi connectivity index (χ2n) is 10.3. The fourth-order valence-corrected chi connectivity index (χ4v) is 6.67. The first-order valence-corrected chi connectivity index (χ1v) is 14.5. The number of esters is 4. The Morgan fingerprint density at radius 1 is 0.581 bits per heavy atom. The van der Waals surface area contributed by atoms with Gasteiger partial charge in [-0.1, -0.05) is 60.7 Å². The molecule has 1 saturated carbocycles. The van der Waals surface area contributed by atoms with Gasteiger partial charge in [0.15, 0.2) is 0 Å². The van der Waals surface area contributed by atoms with Crippen LogP contribution in [-0.4, -0.2) is 61.8 Å². The maximum atomic E-state index is 14.1. The highest BCUT2D eigenvalue weighted by Gasteiger charge is 2.76. The summed E-state index contributed by atoms with van der Waals surface area (Å²) in [4.78, 5) is 70.1. The van der Waals surface area contributed by atoms with Crippen LogP contribution in [0.1, 0.15) is 43.6 Å². The van der Waals surface area contributed by atoms with Crippen LogP contribution in [0.15, 0.2) is 72.8 Å². The number of nitrogens with one attached hydrogen (secondary N) is 1. The molecule has 2 aromatic carbocycles. The Labute approximate surface area is 250 Å². The van der Waals surface area contributed by atoms with Crippen molar-refractivity contribution >= 4 is 29.8 Å². The Bertz CT molecular complexity index is 1320. The number of carbonyl (C=O) groups excluding carboxylic acids is 5. The number of hydrogen-bond donors (Lipinski definition) is 1. The summed E-state index contributed by atoms with van der Waals surface area (Å²) in [6, 6.07) is 16.9. The fourth-order valence-electron chi connectivity index (χ4n) is 6.67. The SMILES string of the molecule is CCOC(=O)[C@@H]1[C@H](C(=O)OCC)C2(c3ccccc3)C=CC1(NC(=O)c1ccccc1)[C@@H](C(=O)OCC)[C@H]2C(=O)OCC. The minimum absolute atomic E-state index is 0.0196. The molecule has 1 N–H and O–H groups in total. The molecule has 2 bridgehead atoms. The first-order chi connectivity index (χ1) is 20.7. The van der Waals surface area contributed by atoms with Gasteiger partial charge in [0.1, 0.15) is 0 Å². The predicted octanol–water partition coefficient (Wildman–Crippen LogP) is 3.39. The molecule has 5 rings (SSSR count). The van der Waals surface area contributed by atoms with Crippen molar-refractivity contribution in [2.24, 2.45) is 23.7 Å². The smallest absolute Gasteiger partial charge is 0.312 e. The molecule has 2 aromatic rings. The van der Waals surface area contributed by atoms with Crippen molar-refractivity contribution in [1.82, 2.24) is 5.32 Å². The van der Waals surface area contributed by atoms with Crippen molar-refractivity contribution in [3.8, 4) is 0 Å². The van der Waals surface area contributed by atoms with Crippen LogP contribution >= 0.6 is 0 Å². The van der Waals surface area contributed by atoms with E-state index in [-0.39, 0.29) is 32.0 Å². The van der Waals surface area contributed by atoms with Crippen molar-refractivity contribution in [3.63, 3.8) is 0 Å². The van der Waals surface area contributed by atoms with Gasteiger partial charge in [0.25, 0.3) is 5.91 Å². The average molecular weight is 592 g/mol. The summed E-state index contributed by atoms with van der Waals surface area (Å²) in [5, 5.41) is 2.89. The maximum Gasteiger partial charge on any atom is 0.312 e. The number of allylic oxidation sites excluding steroid dienone is 1. The van der Waals surface area contributed by atoms with Gasteiger partial charge in [-0.25, -0.2) is 0 Å². The van der Waals surface area contributed by atoms with Crippen LogP contribution in [0, 0.1) is 23.7 Å². The van der Waals surface area contributed by atoms with Crippen molar-refractivity contribution in [2.75, 3.05) is 26.4 Å². The number of ether oxygens (including phenoxy) is 4. The highest BCUT2D eigenvalue weighted by molar-refractivity contribution is 5.99. The highest BCUT2D eigenvalue weighted by Crippen LogP contribution is 2.62. The Hall–Kier alpha value is -4.47. The molecule has 1 amide bonds. The molecular weight excluding hydrogens is 554 g/mol. The van der Waals surface area contributed by atoms with E-state index in [9.17, 15) is 24.0 Å². The molecular formula is C33H37NO9. The zero-order valence-corrected chi connectivity index (χ0v) is 24.7. The van der Waals surface area contributed by atoms with Gasteiger partial charge in [-0.2, -0.15) is 0 Å². The van der Waals surface area contributed by atoms with E-state index in [1.807, 2.05) is 0 Å². The van der Waals surface area contributed by atoms with Gasteiger partial charge < -0.3 is 24.3 Å². The number of benzene rings is 2. The summed E-state index contributed by atoms with van der Waals surface area (Å²) >= 11 is 0. The molecule has 0 spiro atoms. The Morgan fingerprint density at radius 3 is 1.40 bits per heavy atom. The second-order valence-corrected chi connectivity index (χ2v) is 10.3. The molecule has 0 aliphatic heterocycles. The van der Waals surface area contributed by atoms with Crippen LogP contribution in [0.4, 0.5) is 0 Å². The van der Waals surface area contributed by atoms with Crippen molar-refractivity contribution < 1.29 is 42.9 Å². The van der Waals surface area contributed by atoms with Crippen LogP contribution in [0.5, 0.6) is 0 Å². The maximum absolute atomic E-state index is 14.1. The van der Waals surface area contributed by atoms with E-state index in [0.29, 0.717) is 5.56 Å². The molecule has 0 saturated heterocycles. The number of hydrogen-bond acceptors (Lipinski definition) is 9. The van der Waals surface area contributed by atoms with Gasteiger partial charge in [0.05, 0.1) is 55.6 Å². The largest absolute Gasteiger partial charge is 0.466 e. The van der Waals surface area contributed by atoms with Crippen LogP contribution in [-0.2, 0) is 43.5 Å². The molecule has 0 aromatic heterocycles. The van der Waals surface area contributed by atoms with Crippen LogP contribution < -0.4 is 5.32 Å². The Kier molecular flexibility index (Phi) is 9.68. The monoisotopic (exact) mass is 591 g/mol. The predicted molar refractivity (Wildman–Crippen MR) is 154 cm³/mol. The quantitative estimate of drug-likeness (QED) is 0.237. The summed E-state index contributed by atoms with van der Waals surface area (Å²) in [6.45, 7) is 6.35. The summed E-state index contributed by atoms with van der Waals surface area (Å²) in [5.74, 6) is -9.63. The average Bonchev–Trinajstić information content (AvgIpc) is 3.01. The van der Waals surface area contributed by atoms with E-state index in [1.165, 1.54) is 6.08 Å². The molecule has 228 valence electrons. The van der Waals surface area contributed by atoms with Gasteiger partial charge >= 0.3 is 23.9 Å². The normalized spacial score (nSPS) is 27.1. The Morgan fingerprint density at radius 2 is 0.977 bits per heavy atom. The number of carbonyl (C=O) groups is 5. The van der Waals surface area contributed by atoms with E-state index < -0.39 is 64.4 Å². The van der Waals surface area contributed by atoms with E-state index in [4.69, 9.17) is 18.9 Å². The molecule has 0 heterocycles. The topological polar surface area (TPSA) is 134 Å². The van der Waals surface area contributed by atoms with Crippen LogP contribution in [0.3, 0.4) is 0 Å². The fraction of sp³-hybridized carbons (Fsp3) is 0.424. The number of rotatable bonds is 11. The third-order valence-corrected chi connectivity index (χ3v) is 8.16. The molecule has 10 heteroatoms. The zero-order chi connectivity index (χ0) is 31.2. The lowest BCUT2D eigenvalue weighted by molar-refractivity contribution is -0.192. The minimum Gasteiger partial charge on any atom is -0.466 e. The molecule has 43 heavy (non-hydrogen) atoms. The Balaban J connectivity index is 2.13.